The minimum atomic E-state index is -0.600. The first-order chi connectivity index (χ1) is 12.9. The molecule has 5 nitrogen and oxygen atoms in total. The lowest BCUT2D eigenvalue weighted by molar-refractivity contribution is -0.118. The van der Waals surface area contributed by atoms with E-state index < -0.39 is 17.5 Å². The number of thiazole rings is 1. The molecule has 0 radical (unpaired) electrons. The van der Waals surface area contributed by atoms with Crippen LogP contribution < -0.4 is 10.1 Å². The molecule has 0 atom stereocenters. The number of carbonyl (C=O) groups excluding carboxylic acids is 2. The van der Waals surface area contributed by atoms with Gasteiger partial charge in [0.1, 0.15) is 17.4 Å². The molecule has 0 aliphatic rings. The number of nitrogens with zero attached hydrogens (tertiary/aromatic N) is 1. The van der Waals surface area contributed by atoms with Gasteiger partial charge in [0.2, 0.25) is 0 Å². The van der Waals surface area contributed by atoms with Crippen molar-refractivity contribution in [2.75, 3.05) is 11.9 Å². The van der Waals surface area contributed by atoms with Crippen molar-refractivity contribution >= 4 is 28.2 Å². The first kappa shape index (κ1) is 18.7. The number of nitrogens with one attached hydrogen (secondary N) is 1. The molecule has 1 aromatic heterocycles. The number of hydrogen-bond acceptors (Lipinski definition) is 5. The third kappa shape index (κ3) is 4.73. The van der Waals surface area contributed by atoms with Gasteiger partial charge in [0.25, 0.3) is 5.91 Å². The molecule has 2 aromatic carbocycles. The Balaban J connectivity index is 1.59. The zero-order valence-corrected chi connectivity index (χ0v) is 15.0. The molecule has 0 aliphatic carbocycles. The summed E-state index contributed by atoms with van der Waals surface area (Å²) in [4.78, 5) is 27.3. The lowest BCUT2D eigenvalue weighted by Gasteiger charge is -2.06. The minimum absolute atomic E-state index is 0.0218. The number of Topliss-reactive ketones (excluding diaryl/α,β-unsaturated/α-hetero) is 1. The molecule has 27 heavy (non-hydrogen) atoms. The van der Waals surface area contributed by atoms with Crippen molar-refractivity contribution in [3.05, 3.63) is 65.0 Å². The molecule has 1 heterocycles. The lowest BCUT2D eigenvalue weighted by Crippen LogP contribution is -2.20. The molecule has 0 fully saturated rings. The van der Waals surface area contributed by atoms with Gasteiger partial charge in [0.15, 0.2) is 17.5 Å². The second kappa shape index (κ2) is 8.05. The average molecular weight is 388 g/mol. The van der Waals surface area contributed by atoms with Gasteiger partial charge in [-0.25, -0.2) is 13.8 Å². The summed E-state index contributed by atoms with van der Waals surface area (Å²) in [5.74, 6) is -1.25. The second-order valence-corrected chi connectivity index (χ2v) is 6.44. The maximum absolute atomic E-state index is 13.8. The maximum atomic E-state index is 13.8. The summed E-state index contributed by atoms with van der Waals surface area (Å²) in [5.41, 5.74) is 0.799. The topological polar surface area (TPSA) is 68.3 Å². The molecule has 1 N–H and O–H groups in total. The molecule has 3 rings (SSSR count). The van der Waals surface area contributed by atoms with Crippen molar-refractivity contribution in [3.63, 3.8) is 0 Å². The molecule has 0 bridgehead atoms. The van der Waals surface area contributed by atoms with Crippen molar-refractivity contribution in [2.45, 2.75) is 6.92 Å². The van der Waals surface area contributed by atoms with Crippen LogP contribution in [-0.4, -0.2) is 23.3 Å². The normalized spacial score (nSPS) is 10.5. The number of hydrogen-bond donors (Lipinski definition) is 1. The van der Waals surface area contributed by atoms with Crippen LogP contribution in [0.5, 0.6) is 5.75 Å². The maximum Gasteiger partial charge on any atom is 0.264 e. The zero-order chi connectivity index (χ0) is 19.4. The molecule has 3 aromatic rings. The molecule has 0 aliphatic heterocycles. The third-order valence-corrected chi connectivity index (χ3v) is 4.34. The van der Waals surface area contributed by atoms with Gasteiger partial charge < -0.3 is 4.74 Å². The number of halogens is 2. The third-order valence-electron chi connectivity index (χ3n) is 3.59. The summed E-state index contributed by atoms with van der Waals surface area (Å²) < 4.78 is 32.4. The smallest absolute Gasteiger partial charge is 0.264 e. The Labute approximate surface area is 157 Å². The largest absolute Gasteiger partial charge is 0.484 e. The van der Waals surface area contributed by atoms with Gasteiger partial charge in [-0.15, -0.1) is 11.3 Å². The molecular formula is C19H14F2N2O3S. The van der Waals surface area contributed by atoms with E-state index in [1.54, 1.807) is 24.3 Å². The van der Waals surface area contributed by atoms with E-state index in [0.29, 0.717) is 11.3 Å². The molecule has 0 saturated heterocycles. The van der Waals surface area contributed by atoms with Crippen molar-refractivity contribution < 1.29 is 23.1 Å². The number of benzene rings is 2. The van der Waals surface area contributed by atoms with Crippen LogP contribution in [0.2, 0.25) is 0 Å². The highest BCUT2D eigenvalue weighted by atomic mass is 32.1. The summed E-state index contributed by atoms with van der Waals surface area (Å²) >= 11 is 1.09. The summed E-state index contributed by atoms with van der Waals surface area (Å²) in [6.45, 7) is 1.20. The summed E-state index contributed by atoms with van der Waals surface area (Å²) in [6, 6.07) is 9.49. The number of rotatable bonds is 6. The summed E-state index contributed by atoms with van der Waals surface area (Å²) in [6.07, 6.45) is 0. The highest BCUT2D eigenvalue weighted by molar-refractivity contribution is 7.14. The number of aromatic nitrogens is 1. The number of amides is 1. The number of carbonyl (C=O) groups is 2. The Bertz CT molecular complexity index is 987. The zero-order valence-electron chi connectivity index (χ0n) is 14.2. The summed E-state index contributed by atoms with van der Waals surface area (Å²) in [7, 11) is 0. The summed E-state index contributed by atoms with van der Waals surface area (Å²) in [5, 5.41) is 4.31. The highest BCUT2D eigenvalue weighted by Crippen LogP contribution is 2.27. The minimum Gasteiger partial charge on any atom is -0.484 e. The van der Waals surface area contributed by atoms with Crippen LogP contribution in [0.3, 0.4) is 0 Å². The Hall–Kier alpha value is -3.13. The van der Waals surface area contributed by atoms with E-state index in [1.807, 2.05) is 0 Å². The van der Waals surface area contributed by atoms with E-state index in [1.165, 1.54) is 12.3 Å². The molecular weight excluding hydrogens is 374 g/mol. The van der Waals surface area contributed by atoms with Crippen LogP contribution in [0.4, 0.5) is 13.9 Å². The van der Waals surface area contributed by atoms with Gasteiger partial charge in [0, 0.05) is 16.5 Å². The predicted octanol–water partition coefficient (Wildman–Crippen LogP) is 4.31. The van der Waals surface area contributed by atoms with Gasteiger partial charge in [-0.3, -0.25) is 14.9 Å². The van der Waals surface area contributed by atoms with Crippen LogP contribution in [-0.2, 0) is 4.79 Å². The van der Waals surface area contributed by atoms with Crippen LogP contribution in [0, 0.1) is 11.6 Å². The van der Waals surface area contributed by atoms with E-state index in [9.17, 15) is 18.4 Å². The number of ketones is 1. The van der Waals surface area contributed by atoms with Gasteiger partial charge >= 0.3 is 0 Å². The van der Waals surface area contributed by atoms with Gasteiger partial charge in [-0.05, 0) is 49.4 Å². The number of anilines is 1. The fourth-order valence-corrected chi connectivity index (χ4v) is 2.97. The van der Waals surface area contributed by atoms with Crippen LogP contribution >= 0.6 is 11.3 Å². The Morgan fingerprint density at radius 1 is 1.15 bits per heavy atom. The van der Waals surface area contributed by atoms with Crippen molar-refractivity contribution in [1.82, 2.24) is 4.98 Å². The van der Waals surface area contributed by atoms with Crippen LogP contribution in [0.15, 0.2) is 47.8 Å². The fourth-order valence-electron chi connectivity index (χ4n) is 2.24. The predicted molar refractivity (Wildman–Crippen MR) is 98.0 cm³/mol. The van der Waals surface area contributed by atoms with E-state index in [4.69, 9.17) is 4.74 Å². The highest BCUT2D eigenvalue weighted by Gasteiger charge is 2.12. The second-order valence-electron chi connectivity index (χ2n) is 5.58. The average Bonchev–Trinajstić information content (AvgIpc) is 3.10. The van der Waals surface area contributed by atoms with Crippen molar-refractivity contribution in [2.24, 2.45) is 0 Å². The molecule has 138 valence electrons. The quantitative estimate of drug-likeness (QED) is 0.639. The molecule has 0 spiro atoms. The van der Waals surface area contributed by atoms with Crippen molar-refractivity contribution in [3.8, 4) is 17.0 Å². The molecule has 1 amide bonds. The van der Waals surface area contributed by atoms with Crippen LogP contribution in [0.1, 0.15) is 17.3 Å². The lowest BCUT2D eigenvalue weighted by atomic mass is 10.1. The van der Waals surface area contributed by atoms with E-state index >= 15 is 0 Å². The van der Waals surface area contributed by atoms with Crippen molar-refractivity contribution in [1.29, 1.82) is 0 Å². The van der Waals surface area contributed by atoms with Gasteiger partial charge in [0.05, 0.1) is 5.69 Å². The molecule has 0 saturated carbocycles. The van der Waals surface area contributed by atoms with E-state index in [2.05, 4.69) is 10.3 Å². The first-order valence-corrected chi connectivity index (χ1v) is 8.75. The molecule has 0 unspecified atom stereocenters. The Morgan fingerprint density at radius 3 is 2.59 bits per heavy atom. The standard InChI is InChI=1S/C19H14F2N2O3S/c1-11(24)12-2-5-14(6-3-12)26-9-18(25)23-19-22-17(10-27-19)15-8-13(20)4-7-16(15)21/h2-8,10H,9H2,1H3,(H,22,23,25). The Kier molecular flexibility index (Phi) is 5.56. The molecule has 8 heteroatoms. The monoisotopic (exact) mass is 388 g/mol. The van der Waals surface area contributed by atoms with Crippen LogP contribution in [0.25, 0.3) is 11.3 Å². The van der Waals surface area contributed by atoms with Gasteiger partial charge in [-0.2, -0.15) is 0 Å². The SMILES string of the molecule is CC(=O)c1ccc(OCC(=O)Nc2nc(-c3cc(F)ccc3F)cs2)cc1. The Morgan fingerprint density at radius 2 is 1.89 bits per heavy atom. The van der Waals surface area contributed by atoms with E-state index in [0.717, 1.165) is 29.5 Å². The number of ether oxygens (including phenoxy) is 1. The first-order valence-electron chi connectivity index (χ1n) is 7.87. The fraction of sp³-hybridized carbons (Fsp3) is 0.105. The van der Waals surface area contributed by atoms with E-state index in [-0.39, 0.29) is 28.8 Å². The van der Waals surface area contributed by atoms with Gasteiger partial charge in [-0.1, -0.05) is 0 Å².